The first kappa shape index (κ1) is 25.4. The Labute approximate surface area is 163 Å². The first-order chi connectivity index (χ1) is 12.7. The fourth-order valence-corrected chi connectivity index (χ4v) is 3.72. The second-order valence-electron chi connectivity index (χ2n) is 7.97. The van der Waals surface area contributed by atoms with Crippen molar-refractivity contribution in [1.82, 2.24) is 4.90 Å². The Morgan fingerprint density at radius 3 is 1.54 bits per heavy atom. The van der Waals surface area contributed by atoms with Crippen LogP contribution in [-0.2, 0) is 4.79 Å². The SMILES string of the molecule is CCCCCCCCN(CCCCCCCC)C(CCCC)CC(=O)O. The van der Waals surface area contributed by atoms with Crippen LogP contribution < -0.4 is 0 Å². The number of hydrogen-bond acceptors (Lipinski definition) is 2. The van der Waals surface area contributed by atoms with Crippen molar-refractivity contribution in [2.24, 2.45) is 0 Å². The van der Waals surface area contributed by atoms with E-state index in [2.05, 4.69) is 25.7 Å². The van der Waals surface area contributed by atoms with Crippen LogP contribution in [0.1, 0.15) is 124 Å². The largest absolute Gasteiger partial charge is 0.481 e. The highest BCUT2D eigenvalue weighted by Gasteiger charge is 2.20. The van der Waals surface area contributed by atoms with Gasteiger partial charge >= 0.3 is 5.97 Å². The monoisotopic (exact) mass is 369 g/mol. The summed E-state index contributed by atoms with van der Waals surface area (Å²) in [5.74, 6) is -0.637. The zero-order valence-electron chi connectivity index (χ0n) is 18.1. The summed E-state index contributed by atoms with van der Waals surface area (Å²) in [5.41, 5.74) is 0. The Morgan fingerprint density at radius 2 is 1.12 bits per heavy atom. The van der Waals surface area contributed by atoms with Crippen LogP contribution in [0.4, 0.5) is 0 Å². The molecule has 3 heteroatoms. The number of rotatable bonds is 20. The minimum atomic E-state index is -0.637. The van der Waals surface area contributed by atoms with Gasteiger partial charge in [-0.25, -0.2) is 0 Å². The van der Waals surface area contributed by atoms with Gasteiger partial charge in [0.2, 0.25) is 0 Å². The number of aliphatic carboxylic acids is 1. The topological polar surface area (TPSA) is 40.5 Å². The molecule has 0 saturated heterocycles. The zero-order chi connectivity index (χ0) is 19.5. The summed E-state index contributed by atoms with van der Waals surface area (Å²) in [4.78, 5) is 13.9. The molecule has 1 atom stereocenters. The molecule has 1 N–H and O–H groups in total. The molecule has 26 heavy (non-hydrogen) atoms. The molecule has 156 valence electrons. The van der Waals surface area contributed by atoms with Crippen LogP contribution >= 0.6 is 0 Å². The first-order valence-corrected chi connectivity index (χ1v) is 11.6. The lowest BCUT2D eigenvalue weighted by molar-refractivity contribution is -0.138. The molecule has 0 radical (unpaired) electrons. The molecule has 0 aliphatic heterocycles. The predicted molar refractivity (Wildman–Crippen MR) is 114 cm³/mol. The molecule has 0 aliphatic rings. The van der Waals surface area contributed by atoms with E-state index in [4.69, 9.17) is 0 Å². The van der Waals surface area contributed by atoms with Gasteiger partial charge in [-0.15, -0.1) is 0 Å². The highest BCUT2D eigenvalue weighted by Crippen LogP contribution is 2.17. The zero-order valence-corrected chi connectivity index (χ0v) is 18.1. The van der Waals surface area contributed by atoms with Gasteiger partial charge in [-0.05, 0) is 32.4 Å². The fraction of sp³-hybridized carbons (Fsp3) is 0.957. The van der Waals surface area contributed by atoms with Crippen molar-refractivity contribution < 1.29 is 9.90 Å². The first-order valence-electron chi connectivity index (χ1n) is 11.6. The van der Waals surface area contributed by atoms with Gasteiger partial charge in [0.25, 0.3) is 0 Å². The van der Waals surface area contributed by atoms with Crippen molar-refractivity contribution >= 4 is 5.97 Å². The molecule has 0 aromatic rings. The van der Waals surface area contributed by atoms with Gasteiger partial charge in [0.1, 0.15) is 0 Å². The van der Waals surface area contributed by atoms with E-state index in [0.29, 0.717) is 6.42 Å². The third-order valence-corrected chi connectivity index (χ3v) is 5.42. The van der Waals surface area contributed by atoms with Gasteiger partial charge < -0.3 is 5.11 Å². The van der Waals surface area contributed by atoms with Gasteiger partial charge in [-0.1, -0.05) is 97.8 Å². The third-order valence-electron chi connectivity index (χ3n) is 5.42. The summed E-state index contributed by atoms with van der Waals surface area (Å²) in [7, 11) is 0. The van der Waals surface area contributed by atoms with Crippen molar-refractivity contribution in [1.29, 1.82) is 0 Å². The highest BCUT2D eigenvalue weighted by molar-refractivity contribution is 5.67. The molecule has 0 saturated carbocycles. The lowest BCUT2D eigenvalue weighted by atomic mass is 10.0. The molecule has 0 fully saturated rings. The molecule has 3 nitrogen and oxygen atoms in total. The number of carboxylic acid groups (broad SMARTS) is 1. The van der Waals surface area contributed by atoms with Crippen LogP contribution in [0.25, 0.3) is 0 Å². The van der Waals surface area contributed by atoms with Crippen LogP contribution in [0.5, 0.6) is 0 Å². The standard InChI is InChI=1S/C23H47NO2/c1-4-7-10-12-14-16-19-24(20-17-15-13-11-8-5-2)22(18-9-6-3)21-23(25)26/h22H,4-21H2,1-3H3,(H,25,26). The van der Waals surface area contributed by atoms with Gasteiger partial charge in [0, 0.05) is 6.04 Å². The lowest BCUT2D eigenvalue weighted by Crippen LogP contribution is -2.38. The fourth-order valence-electron chi connectivity index (χ4n) is 3.72. The summed E-state index contributed by atoms with van der Waals surface area (Å²) < 4.78 is 0. The summed E-state index contributed by atoms with van der Waals surface area (Å²) in [6.45, 7) is 8.88. The van der Waals surface area contributed by atoms with Crippen LogP contribution in [0, 0.1) is 0 Å². The summed E-state index contributed by atoms with van der Waals surface area (Å²) in [5, 5.41) is 9.34. The van der Waals surface area contributed by atoms with Crippen molar-refractivity contribution in [2.45, 2.75) is 130 Å². The van der Waals surface area contributed by atoms with Crippen LogP contribution in [-0.4, -0.2) is 35.1 Å². The quantitative estimate of drug-likeness (QED) is 0.234. The van der Waals surface area contributed by atoms with Crippen molar-refractivity contribution in [2.75, 3.05) is 13.1 Å². The maximum absolute atomic E-state index is 11.3. The average molecular weight is 370 g/mol. The molecule has 0 aromatic heterocycles. The molecule has 0 bridgehead atoms. The minimum Gasteiger partial charge on any atom is -0.481 e. The maximum Gasteiger partial charge on any atom is 0.304 e. The molecular weight excluding hydrogens is 322 g/mol. The van der Waals surface area contributed by atoms with E-state index in [1.807, 2.05) is 0 Å². The van der Waals surface area contributed by atoms with E-state index in [1.54, 1.807) is 0 Å². The molecule has 0 heterocycles. The second-order valence-corrected chi connectivity index (χ2v) is 7.97. The smallest absolute Gasteiger partial charge is 0.304 e. The Hall–Kier alpha value is -0.570. The van der Waals surface area contributed by atoms with Crippen molar-refractivity contribution in [3.8, 4) is 0 Å². The van der Waals surface area contributed by atoms with E-state index in [-0.39, 0.29) is 6.04 Å². The lowest BCUT2D eigenvalue weighted by Gasteiger charge is -2.31. The summed E-state index contributed by atoms with van der Waals surface area (Å²) in [6, 6.07) is 0.235. The van der Waals surface area contributed by atoms with Gasteiger partial charge in [-0.2, -0.15) is 0 Å². The number of hydrogen-bond donors (Lipinski definition) is 1. The Morgan fingerprint density at radius 1 is 0.692 bits per heavy atom. The van der Waals surface area contributed by atoms with Gasteiger partial charge in [-0.3, -0.25) is 9.69 Å². The molecule has 0 aromatic carbocycles. The van der Waals surface area contributed by atoms with Crippen LogP contribution in [0.15, 0.2) is 0 Å². The number of carbonyl (C=O) groups is 1. The van der Waals surface area contributed by atoms with E-state index in [9.17, 15) is 9.90 Å². The molecule has 0 amide bonds. The second kappa shape index (κ2) is 19.2. The van der Waals surface area contributed by atoms with E-state index in [1.165, 1.54) is 77.0 Å². The van der Waals surface area contributed by atoms with Crippen molar-refractivity contribution in [3.05, 3.63) is 0 Å². The van der Waals surface area contributed by atoms with Gasteiger partial charge in [0.05, 0.1) is 6.42 Å². The van der Waals surface area contributed by atoms with Crippen LogP contribution in [0.2, 0.25) is 0 Å². The molecule has 0 rings (SSSR count). The molecule has 0 spiro atoms. The summed E-state index contributed by atoms with van der Waals surface area (Å²) >= 11 is 0. The minimum absolute atomic E-state index is 0.235. The molecular formula is C23H47NO2. The Bertz CT molecular complexity index is 291. The number of carboxylic acids is 1. The number of nitrogens with zero attached hydrogens (tertiary/aromatic N) is 1. The third kappa shape index (κ3) is 15.7. The number of unbranched alkanes of at least 4 members (excludes halogenated alkanes) is 11. The normalized spacial score (nSPS) is 12.6. The summed E-state index contributed by atoms with van der Waals surface area (Å²) in [6.07, 6.45) is 19.3. The average Bonchev–Trinajstić information content (AvgIpc) is 2.62. The predicted octanol–water partition coefficient (Wildman–Crippen LogP) is 7.04. The Balaban J connectivity index is 4.38. The van der Waals surface area contributed by atoms with Crippen LogP contribution in [0.3, 0.4) is 0 Å². The highest BCUT2D eigenvalue weighted by atomic mass is 16.4. The Kier molecular flexibility index (Phi) is 18.8. The van der Waals surface area contributed by atoms with E-state index < -0.39 is 5.97 Å². The molecule has 1 unspecified atom stereocenters. The van der Waals surface area contributed by atoms with Crippen molar-refractivity contribution in [3.63, 3.8) is 0 Å². The molecule has 0 aliphatic carbocycles. The maximum atomic E-state index is 11.3. The van der Waals surface area contributed by atoms with Gasteiger partial charge in [0.15, 0.2) is 0 Å². The van der Waals surface area contributed by atoms with E-state index in [0.717, 1.165) is 32.4 Å². The van der Waals surface area contributed by atoms with E-state index >= 15 is 0 Å².